The van der Waals surface area contributed by atoms with Gasteiger partial charge in [0.25, 0.3) is 0 Å². The quantitative estimate of drug-likeness (QED) is 0.547. The van der Waals surface area contributed by atoms with Gasteiger partial charge in [-0.3, -0.25) is 4.79 Å². The third-order valence-corrected chi connectivity index (χ3v) is 0.545. The van der Waals surface area contributed by atoms with Crippen molar-refractivity contribution in [2.45, 2.75) is 13.3 Å². The Labute approximate surface area is 55.2 Å². The summed E-state index contributed by atoms with van der Waals surface area (Å²) in [5.41, 5.74) is 0. The maximum atomic E-state index is 9.58. The molecule has 0 aromatic rings. The van der Waals surface area contributed by atoms with Crippen molar-refractivity contribution in [3.8, 4) is 0 Å². The molecule has 0 radical (unpaired) electrons. The normalized spacial score (nSPS) is 7.00. The average molecular weight is 138 g/mol. The number of rotatable bonds is 1. The minimum Gasteiger partial charge on any atom is -0.323 e. The molecule has 50 valence electrons. The standard InChI is InChI=1S/C3H5ClO.C2H7N/c1-2-3(4)5;1-3-2/h2H2,1H3;3H,1-2H3. The molecule has 0 aromatic carbocycles. The minimum atomic E-state index is -0.273. The Morgan fingerprint density at radius 1 is 1.62 bits per heavy atom. The molecule has 1 N–H and O–H groups in total. The lowest BCUT2D eigenvalue weighted by Gasteiger charge is -1.68. The lowest BCUT2D eigenvalue weighted by Crippen LogP contribution is -1.89. The first-order valence-corrected chi connectivity index (χ1v) is 2.83. The largest absolute Gasteiger partial charge is 0.323 e. The molecule has 8 heavy (non-hydrogen) atoms. The molecule has 0 fully saturated rings. The highest BCUT2D eigenvalue weighted by Crippen LogP contribution is 1.81. The maximum absolute atomic E-state index is 9.58. The summed E-state index contributed by atoms with van der Waals surface area (Å²) in [5, 5.41) is 2.48. The van der Waals surface area contributed by atoms with Crippen LogP contribution < -0.4 is 5.32 Å². The Kier molecular flexibility index (Phi) is 13.6. The van der Waals surface area contributed by atoms with Gasteiger partial charge in [0.1, 0.15) is 0 Å². The molecule has 0 rings (SSSR count). The highest BCUT2D eigenvalue weighted by molar-refractivity contribution is 6.63. The summed E-state index contributed by atoms with van der Waals surface area (Å²) in [7, 11) is 3.75. The van der Waals surface area contributed by atoms with E-state index in [4.69, 9.17) is 11.6 Å². The van der Waals surface area contributed by atoms with Crippen molar-refractivity contribution in [2.75, 3.05) is 14.1 Å². The molecule has 0 aromatic heterocycles. The van der Waals surface area contributed by atoms with Gasteiger partial charge >= 0.3 is 0 Å². The first-order valence-electron chi connectivity index (χ1n) is 2.45. The maximum Gasteiger partial charge on any atom is 0.221 e. The van der Waals surface area contributed by atoms with Crippen molar-refractivity contribution in [3.63, 3.8) is 0 Å². The molecule has 0 bridgehead atoms. The van der Waals surface area contributed by atoms with Gasteiger partial charge in [-0.1, -0.05) is 6.92 Å². The number of halogens is 1. The molecule has 0 saturated carbocycles. The zero-order chi connectivity index (χ0) is 6.99. The van der Waals surface area contributed by atoms with Crippen molar-refractivity contribution in [3.05, 3.63) is 0 Å². The Balaban J connectivity index is 0. The van der Waals surface area contributed by atoms with Crippen molar-refractivity contribution < 1.29 is 4.79 Å². The smallest absolute Gasteiger partial charge is 0.221 e. The Hall–Kier alpha value is -0.0800. The van der Waals surface area contributed by atoms with Gasteiger partial charge < -0.3 is 5.32 Å². The molecule has 0 spiro atoms. The van der Waals surface area contributed by atoms with E-state index in [0.717, 1.165) is 0 Å². The number of nitrogens with one attached hydrogen (secondary N) is 1. The molecule has 0 unspecified atom stereocenters. The second-order valence-electron chi connectivity index (χ2n) is 1.21. The fourth-order valence-corrected chi connectivity index (χ4v) is 0. The molecule has 0 amide bonds. The van der Waals surface area contributed by atoms with Gasteiger partial charge in [0, 0.05) is 6.42 Å². The van der Waals surface area contributed by atoms with Gasteiger partial charge in [-0.15, -0.1) is 0 Å². The van der Waals surface area contributed by atoms with Crippen LogP contribution in [0.5, 0.6) is 0 Å². The molecule has 0 saturated heterocycles. The molecule has 0 aliphatic heterocycles. The first kappa shape index (κ1) is 10.8. The molecule has 3 heteroatoms. The monoisotopic (exact) mass is 137 g/mol. The van der Waals surface area contributed by atoms with Gasteiger partial charge in [0.2, 0.25) is 5.24 Å². The highest BCUT2D eigenvalue weighted by Gasteiger charge is 1.81. The topological polar surface area (TPSA) is 29.1 Å². The minimum absolute atomic E-state index is 0.273. The third-order valence-electron chi connectivity index (χ3n) is 0.278. The van der Waals surface area contributed by atoms with Gasteiger partial charge in [0.15, 0.2) is 0 Å². The van der Waals surface area contributed by atoms with E-state index in [1.807, 2.05) is 14.1 Å². The van der Waals surface area contributed by atoms with Crippen LogP contribution in [0, 0.1) is 0 Å². The van der Waals surface area contributed by atoms with Crippen molar-refractivity contribution in [1.82, 2.24) is 5.32 Å². The predicted molar refractivity (Wildman–Crippen MR) is 36.1 cm³/mol. The number of carbonyl (C=O) groups is 1. The average Bonchev–Trinajstić information content (AvgIpc) is 1.69. The second-order valence-corrected chi connectivity index (χ2v) is 1.63. The van der Waals surface area contributed by atoms with E-state index in [1.54, 1.807) is 6.92 Å². The van der Waals surface area contributed by atoms with Crippen LogP contribution in [0.15, 0.2) is 0 Å². The van der Waals surface area contributed by atoms with Crippen LogP contribution in [0.25, 0.3) is 0 Å². The molecule has 0 aliphatic rings. The Morgan fingerprint density at radius 3 is 1.75 bits per heavy atom. The van der Waals surface area contributed by atoms with Gasteiger partial charge in [-0.05, 0) is 25.7 Å². The summed E-state index contributed by atoms with van der Waals surface area (Å²) in [6, 6.07) is 0. The van der Waals surface area contributed by atoms with Crippen molar-refractivity contribution >= 4 is 16.8 Å². The van der Waals surface area contributed by atoms with Gasteiger partial charge in [-0.2, -0.15) is 0 Å². The molecular weight excluding hydrogens is 126 g/mol. The first-order chi connectivity index (χ1) is 3.68. The molecule has 0 aliphatic carbocycles. The van der Waals surface area contributed by atoms with E-state index in [0.29, 0.717) is 6.42 Å². The van der Waals surface area contributed by atoms with Crippen LogP contribution in [0.2, 0.25) is 0 Å². The molecule has 2 nitrogen and oxygen atoms in total. The van der Waals surface area contributed by atoms with E-state index < -0.39 is 0 Å². The zero-order valence-corrected chi connectivity index (χ0v) is 6.25. The van der Waals surface area contributed by atoms with E-state index in [-0.39, 0.29) is 5.24 Å². The Bertz CT molecular complexity index is 56.4. The van der Waals surface area contributed by atoms with Crippen molar-refractivity contribution in [2.24, 2.45) is 0 Å². The molecule has 0 heterocycles. The summed E-state index contributed by atoms with van der Waals surface area (Å²) in [6.07, 6.45) is 0.432. The summed E-state index contributed by atoms with van der Waals surface area (Å²) in [4.78, 5) is 9.58. The van der Waals surface area contributed by atoms with E-state index >= 15 is 0 Å². The van der Waals surface area contributed by atoms with E-state index in [1.165, 1.54) is 0 Å². The highest BCUT2D eigenvalue weighted by atomic mass is 35.5. The Morgan fingerprint density at radius 2 is 1.75 bits per heavy atom. The predicted octanol–water partition coefficient (Wildman–Crippen LogP) is 0.997. The SMILES string of the molecule is CCC(=O)Cl.CNC. The molecular formula is C5H12ClNO. The third kappa shape index (κ3) is 38.9. The zero-order valence-electron chi connectivity index (χ0n) is 5.49. The van der Waals surface area contributed by atoms with Crippen LogP contribution in [-0.2, 0) is 4.79 Å². The van der Waals surface area contributed by atoms with Crippen molar-refractivity contribution in [1.29, 1.82) is 0 Å². The molecule has 0 atom stereocenters. The van der Waals surface area contributed by atoms with Gasteiger partial charge in [-0.25, -0.2) is 0 Å². The lowest BCUT2D eigenvalue weighted by molar-refractivity contribution is -0.111. The van der Waals surface area contributed by atoms with Crippen LogP contribution in [0.4, 0.5) is 0 Å². The number of hydrogen-bond donors (Lipinski definition) is 1. The van der Waals surface area contributed by atoms with E-state index in [2.05, 4.69) is 5.32 Å². The summed E-state index contributed by atoms with van der Waals surface area (Å²) >= 11 is 4.82. The van der Waals surface area contributed by atoms with Crippen LogP contribution in [0.1, 0.15) is 13.3 Å². The summed E-state index contributed by atoms with van der Waals surface area (Å²) in [5.74, 6) is 0. The van der Waals surface area contributed by atoms with Crippen LogP contribution >= 0.6 is 11.6 Å². The van der Waals surface area contributed by atoms with Gasteiger partial charge in [0.05, 0.1) is 0 Å². The second kappa shape index (κ2) is 10.0. The summed E-state index contributed by atoms with van der Waals surface area (Å²) in [6.45, 7) is 1.72. The van der Waals surface area contributed by atoms with Crippen LogP contribution in [-0.4, -0.2) is 19.3 Å². The van der Waals surface area contributed by atoms with E-state index in [9.17, 15) is 4.79 Å². The van der Waals surface area contributed by atoms with Crippen LogP contribution in [0.3, 0.4) is 0 Å². The summed E-state index contributed by atoms with van der Waals surface area (Å²) < 4.78 is 0. The fourth-order valence-electron chi connectivity index (χ4n) is 0. The number of hydrogen-bond acceptors (Lipinski definition) is 2. The number of carbonyl (C=O) groups excluding carboxylic acids is 1. The lowest BCUT2D eigenvalue weighted by atomic mass is 10.6. The fraction of sp³-hybridized carbons (Fsp3) is 0.800.